The van der Waals surface area contributed by atoms with Crippen LogP contribution in [0.15, 0.2) is 30.9 Å². The van der Waals surface area contributed by atoms with Gasteiger partial charge in [0.15, 0.2) is 0 Å². The summed E-state index contributed by atoms with van der Waals surface area (Å²) in [4.78, 5) is 6.35. The summed E-state index contributed by atoms with van der Waals surface area (Å²) in [5, 5.41) is 8.92. The van der Waals surface area contributed by atoms with Gasteiger partial charge < -0.3 is 14.4 Å². The van der Waals surface area contributed by atoms with Crippen LogP contribution in [0.5, 0.6) is 0 Å². The van der Waals surface area contributed by atoms with E-state index in [4.69, 9.17) is 14.7 Å². The van der Waals surface area contributed by atoms with Gasteiger partial charge in [0.2, 0.25) is 0 Å². The zero-order valence-corrected chi connectivity index (χ0v) is 9.61. The fraction of sp³-hybridized carbons (Fsp3) is 0.231. The number of rotatable bonds is 2. The number of hydrogen-bond donors (Lipinski definition) is 0. The normalized spacial score (nSPS) is 16.9. The fourth-order valence-corrected chi connectivity index (χ4v) is 2.01. The lowest BCUT2D eigenvalue weighted by Gasteiger charge is -2.29. The van der Waals surface area contributed by atoms with E-state index in [1.165, 1.54) is 12.5 Å². The van der Waals surface area contributed by atoms with Crippen LogP contribution in [-0.2, 0) is 9.47 Å². The van der Waals surface area contributed by atoms with Crippen molar-refractivity contribution in [1.29, 1.82) is 5.26 Å². The van der Waals surface area contributed by atoms with Gasteiger partial charge in [-0.1, -0.05) is 6.08 Å². The number of nitrogens with zero attached hydrogens (tertiary/aromatic N) is 3. The predicted molar refractivity (Wildman–Crippen MR) is 65.3 cm³/mol. The first-order valence-corrected chi connectivity index (χ1v) is 5.64. The molecule has 0 bridgehead atoms. The maximum Gasteiger partial charge on any atom is 0.256 e. The van der Waals surface area contributed by atoms with Crippen LogP contribution < -0.4 is 4.90 Å². The molecule has 3 heterocycles. The number of anilines is 1. The van der Waals surface area contributed by atoms with Crippen LogP contribution in [0.1, 0.15) is 11.3 Å². The van der Waals surface area contributed by atoms with Gasteiger partial charge in [-0.05, 0) is 12.1 Å². The summed E-state index contributed by atoms with van der Waals surface area (Å²) in [6.07, 6.45) is 8.35. The molecule has 5 heteroatoms. The first-order chi connectivity index (χ1) is 8.86. The number of pyridine rings is 1. The van der Waals surface area contributed by atoms with Gasteiger partial charge in [0, 0.05) is 12.7 Å². The highest BCUT2D eigenvalue weighted by atomic mass is 16.7. The van der Waals surface area contributed by atoms with Gasteiger partial charge in [-0.15, -0.1) is 0 Å². The zero-order valence-electron chi connectivity index (χ0n) is 9.61. The van der Waals surface area contributed by atoms with E-state index in [1.54, 1.807) is 6.20 Å². The predicted octanol–water partition coefficient (Wildman–Crippen LogP) is 1.63. The van der Waals surface area contributed by atoms with Crippen molar-refractivity contribution in [3.05, 3.63) is 42.1 Å². The van der Waals surface area contributed by atoms with Gasteiger partial charge in [0.25, 0.3) is 6.29 Å². The molecule has 5 nitrogen and oxygen atoms in total. The molecule has 0 spiro atoms. The molecule has 0 aliphatic carbocycles. The molecule has 2 aliphatic rings. The molecule has 18 heavy (non-hydrogen) atoms. The highest BCUT2D eigenvalue weighted by molar-refractivity contribution is 5.69. The second kappa shape index (κ2) is 4.41. The van der Waals surface area contributed by atoms with Crippen molar-refractivity contribution >= 4 is 11.8 Å². The van der Waals surface area contributed by atoms with Gasteiger partial charge >= 0.3 is 0 Å². The largest absolute Gasteiger partial charge is 0.457 e. The Morgan fingerprint density at radius 1 is 1.44 bits per heavy atom. The number of fused-ring (bicyclic) bond motifs is 1. The molecule has 0 amide bonds. The van der Waals surface area contributed by atoms with Crippen molar-refractivity contribution < 1.29 is 9.47 Å². The minimum absolute atomic E-state index is 0.296. The van der Waals surface area contributed by atoms with Crippen LogP contribution in [0.25, 0.3) is 6.08 Å². The second-order valence-corrected chi connectivity index (χ2v) is 4.02. The quantitative estimate of drug-likeness (QED) is 0.787. The first-order valence-electron chi connectivity index (χ1n) is 5.64. The smallest absolute Gasteiger partial charge is 0.256 e. The number of aromatic nitrogens is 1. The minimum Gasteiger partial charge on any atom is -0.457 e. The van der Waals surface area contributed by atoms with Crippen molar-refractivity contribution in [2.45, 2.75) is 6.29 Å². The molecule has 90 valence electrons. The Morgan fingerprint density at radius 3 is 3.06 bits per heavy atom. The van der Waals surface area contributed by atoms with E-state index in [-0.39, 0.29) is 6.29 Å². The van der Waals surface area contributed by atoms with E-state index in [9.17, 15) is 0 Å². The Kier molecular flexibility index (Phi) is 2.61. The van der Waals surface area contributed by atoms with Crippen LogP contribution in [0, 0.1) is 11.3 Å². The maximum atomic E-state index is 8.92. The average Bonchev–Trinajstić information content (AvgIpc) is 2.91. The average molecular weight is 241 g/mol. The molecule has 0 saturated heterocycles. The Morgan fingerprint density at radius 2 is 2.28 bits per heavy atom. The molecule has 0 unspecified atom stereocenters. The molecule has 0 N–H and O–H groups in total. The summed E-state index contributed by atoms with van der Waals surface area (Å²) in [5.74, 6) is 0. The van der Waals surface area contributed by atoms with E-state index in [0.717, 1.165) is 17.9 Å². The third kappa shape index (κ3) is 1.89. The van der Waals surface area contributed by atoms with Crippen LogP contribution >= 0.6 is 0 Å². The first kappa shape index (κ1) is 10.7. The summed E-state index contributed by atoms with van der Waals surface area (Å²) in [5.41, 5.74) is 2.36. The molecule has 1 aromatic rings. The molecule has 3 rings (SSSR count). The lowest BCUT2D eigenvalue weighted by molar-refractivity contribution is -0.0148. The van der Waals surface area contributed by atoms with Crippen molar-refractivity contribution in [2.75, 3.05) is 18.0 Å². The Bertz CT molecular complexity index is 552. The maximum absolute atomic E-state index is 8.92. The number of hydrogen-bond acceptors (Lipinski definition) is 5. The zero-order chi connectivity index (χ0) is 12.4. The third-order valence-electron chi connectivity index (χ3n) is 2.85. The second-order valence-electron chi connectivity index (χ2n) is 4.02. The number of ether oxygens (including phenoxy) is 2. The number of nitriles is 1. The van der Waals surface area contributed by atoms with E-state index in [2.05, 4.69) is 16.0 Å². The molecular formula is C13H11N3O2. The van der Waals surface area contributed by atoms with Crippen molar-refractivity contribution in [3.63, 3.8) is 0 Å². The highest BCUT2D eigenvalue weighted by Gasteiger charge is 2.21. The summed E-state index contributed by atoms with van der Waals surface area (Å²) in [7, 11) is 0. The standard InChI is InChI=1S/C13H11N3O2/c14-7-10-6-12-11(15-8-10)2-1-3-16(12)9-13-17-4-5-18-13/h1-2,4-6,8,13H,3,9H2. The Labute approximate surface area is 105 Å². The van der Waals surface area contributed by atoms with Gasteiger partial charge in [-0.3, -0.25) is 4.98 Å². The third-order valence-corrected chi connectivity index (χ3v) is 2.85. The van der Waals surface area contributed by atoms with E-state index in [0.29, 0.717) is 12.1 Å². The summed E-state index contributed by atoms with van der Waals surface area (Å²) in [6.45, 7) is 1.35. The SMILES string of the molecule is N#Cc1cnc2c(c1)N(CC1OC=CO1)CC=C2. The topological polar surface area (TPSA) is 58.4 Å². The van der Waals surface area contributed by atoms with Crippen molar-refractivity contribution in [1.82, 2.24) is 4.98 Å². The summed E-state index contributed by atoms with van der Waals surface area (Å²) in [6, 6.07) is 3.94. The summed E-state index contributed by atoms with van der Waals surface area (Å²) < 4.78 is 10.5. The van der Waals surface area contributed by atoms with Crippen LogP contribution in [0.2, 0.25) is 0 Å². The van der Waals surface area contributed by atoms with Gasteiger partial charge in [0.05, 0.1) is 23.5 Å². The molecule has 0 saturated carbocycles. The Balaban J connectivity index is 1.86. The van der Waals surface area contributed by atoms with Crippen LogP contribution in [-0.4, -0.2) is 24.4 Å². The van der Waals surface area contributed by atoms with E-state index < -0.39 is 0 Å². The van der Waals surface area contributed by atoms with Crippen molar-refractivity contribution in [3.8, 4) is 6.07 Å². The summed E-state index contributed by atoms with van der Waals surface area (Å²) >= 11 is 0. The van der Waals surface area contributed by atoms with Crippen molar-refractivity contribution in [2.24, 2.45) is 0 Å². The molecule has 1 aromatic heterocycles. The van der Waals surface area contributed by atoms with E-state index >= 15 is 0 Å². The molecule has 2 aliphatic heterocycles. The van der Waals surface area contributed by atoms with Crippen LogP contribution in [0.4, 0.5) is 5.69 Å². The molecular weight excluding hydrogens is 230 g/mol. The fourth-order valence-electron chi connectivity index (χ4n) is 2.01. The monoisotopic (exact) mass is 241 g/mol. The molecule has 0 radical (unpaired) electrons. The van der Waals surface area contributed by atoms with E-state index in [1.807, 2.05) is 18.2 Å². The van der Waals surface area contributed by atoms with Gasteiger partial charge in [0.1, 0.15) is 18.6 Å². The lowest BCUT2D eigenvalue weighted by atomic mass is 10.1. The molecule has 0 fully saturated rings. The van der Waals surface area contributed by atoms with Crippen LogP contribution in [0.3, 0.4) is 0 Å². The van der Waals surface area contributed by atoms with Gasteiger partial charge in [-0.25, -0.2) is 0 Å². The molecule has 0 atom stereocenters. The minimum atomic E-state index is -0.296. The lowest BCUT2D eigenvalue weighted by Crippen LogP contribution is -2.35. The molecule has 0 aromatic carbocycles. The Hall–Kier alpha value is -2.48. The van der Waals surface area contributed by atoms with Gasteiger partial charge in [-0.2, -0.15) is 5.26 Å². The highest BCUT2D eigenvalue weighted by Crippen LogP contribution is 2.26.